The third-order valence-electron chi connectivity index (χ3n) is 3.68. The van der Waals surface area contributed by atoms with E-state index in [1.165, 1.54) is 16.0 Å². The Kier molecular flexibility index (Phi) is 4.52. The van der Waals surface area contributed by atoms with Crippen molar-refractivity contribution in [1.82, 2.24) is 5.32 Å². The standard InChI is InChI=1S/C16H18BrNO2S/c1-3-20-16-11-8-9-18-15(13-6-7-14(17)21-13)10(11)4-5-12(16)19-2/h4-7,15,18H,3,8-9H2,1-2H3. The number of hydrogen-bond donors (Lipinski definition) is 1. The van der Waals surface area contributed by atoms with Crippen LogP contribution in [0.3, 0.4) is 0 Å². The number of thiophene rings is 1. The molecule has 5 heteroatoms. The average Bonchev–Trinajstić information content (AvgIpc) is 2.93. The van der Waals surface area contributed by atoms with Crippen molar-refractivity contribution in [2.75, 3.05) is 20.3 Å². The maximum absolute atomic E-state index is 5.86. The molecule has 0 amide bonds. The summed E-state index contributed by atoms with van der Waals surface area (Å²) in [5, 5.41) is 3.60. The number of fused-ring (bicyclic) bond motifs is 1. The molecule has 0 saturated heterocycles. The van der Waals surface area contributed by atoms with E-state index in [1.807, 2.05) is 13.0 Å². The van der Waals surface area contributed by atoms with Gasteiger partial charge < -0.3 is 14.8 Å². The lowest BCUT2D eigenvalue weighted by molar-refractivity contribution is 0.305. The van der Waals surface area contributed by atoms with Gasteiger partial charge in [-0.25, -0.2) is 0 Å². The smallest absolute Gasteiger partial charge is 0.164 e. The first-order chi connectivity index (χ1) is 10.2. The second-order valence-corrected chi connectivity index (χ2v) is 7.37. The van der Waals surface area contributed by atoms with Crippen LogP contribution < -0.4 is 14.8 Å². The number of halogens is 1. The monoisotopic (exact) mass is 367 g/mol. The number of benzene rings is 1. The van der Waals surface area contributed by atoms with Crippen LogP contribution in [0.2, 0.25) is 0 Å². The maximum Gasteiger partial charge on any atom is 0.164 e. The fraction of sp³-hybridized carbons (Fsp3) is 0.375. The van der Waals surface area contributed by atoms with Crippen LogP contribution in [0, 0.1) is 0 Å². The zero-order chi connectivity index (χ0) is 14.8. The van der Waals surface area contributed by atoms with Gasteiger partial charge in [-0.05, 0) is 53.0 Å². The van der Waals surface area contributed by atoms with Gasteiger partial charge in [0.1, 0.15) is 0 Å². The largest absolute Gasteiger partial charge is 0.493 e. The second-order valence-electron chi connectivity index (χ2n) is 4.88. The van der Waals surface area contributed by atoms with E-state index in [1.54, 1.807) is 18.4 Å². The first-order valence-corrected chi connectivity index (χ1v) is 8.66. The van der Waals surface area contributed by atoms with Crippen LogP contribution in [-0.4, -0.2) is 20.3 Å². The van der Waals surface area contributed by atoms with E-state index in [4.69, 9.17) is 9.47 Å². The molecular weight excluding hydrogens is 350 g/mol. The van der Waals surface area contributed by atoms with Crippen LogP contribution in [0.15, 0.2) is 28.1 Å². The fourth-order valence-corrected chi connectivity index (χ4v) is 4.32. The minimum Gasteiger partial charge on any atom is -0.493 e. The third kappa shape index (κ3) is 2.82. The minimum absolute atomic E-state index is 0.232. The van der Waals surface area contributed by atoms with Crippen molar-refractivity contribution < 1.29 is 9.47 Å². The van der Waals surface area contributed by atoms with Gasteiger partial charge in [0.15, 0.2) is 11.5 Å². The van der Waals surface area contributed by atoms with Crippen molar-refractivity contribution in [3.05, 3.63) is 44.1 Å². The summed E-state index contributed by atoms with van der Waals surface area (Å²) in [5.74, 6) is 1.73. The quantitative estimate of drug-likeness (QED) is 0.880. The topological polar surface area (TPSA) is 30.5 Å². The highest BCUT2D eigenvalue weighted by atomic mass is 79.9. The highest BCUT2D eigenvalue weighted by molar-refractivity contribution is 9.11. The summed E-state index contributed by atoms with van der Waals surface area (Å²) < 4.78 is 12.5. The number of methoxy groups -OCH3 is 1. The molecule has 1 aliphatic rings. The molecule has 1 unspecified atom stereocenters. The van der Waals surface area contributed by atoms with Crippen LogP contribution >= 0.6 is 27.3 Å². The molecule has 1 aromatic heterocycles. The van der Waals surface area contributed by atoms with Gasteiger partial charge >= 0.3 is 0 Å². The zero-order valence-electron chi connectivity index (χ0n) is 12.1. The van der Waals surface area contributed by atoms with E-state index in [-0.39, 0.29) is 6.04 Å². The van der Waals surface area contributed by atoms with Gasteiger partial charge in [0.25, 0.3) is 0 Å². The SMILES string of the molecule is CCOc1c(OC)ccc2c1CCNC2c1ccc(Br)s1. The van der Waals surface area contributed by atoms with Crippen molar-refractivity contribution in [1.29, 1.82) is 0 Å². The Bertz CT molecular complexity index is 641. The lowest BCUT2D eigenvalue weighted by Gasteiger charge is -2.28. The Morgan fingerprint density at radius 3 is 2.86 bits per heavy atom. The molecule has 3 rings (SSSR count). The molecule has 0 fully saturated rings. The molecule has 2 heterocycles. The molecule has 0 radical (unpaired) electrons. The highest BCUT2D eigenvalue weighted by Gasteiger charge is 2.26. The molecule has 0 bridgehead atoms. The van der Waals surface area contributed by atoms with Crippen molar-refractivity contribution in [3.8, 4) is 11.5 Å². The molecule has 1 N–H and O–H groups in total. The predicted molar refractivity (Wildman–Crippen MR) is 89.7 cm³/mol. The van der Waals surface area contributed by atoms with Gasteiger partial charge in [-0.15, -0.1) is 11.3 Å². The predicted octanol–water partition coefficient (Wildman–Crippen LogP) is 4.15. The number of ether oxygens (including phenoxy) is 2. The van der Waals surface area contributed by atoms with Crippen LogP contribution in [0.25, 0.3) is 0 Å². The molecule has 21 heavy (non-hydrogen) atoms. The van der Waals surface area contributed by atoms with Gasteiger partial charge in [0, 0.05) is 17.0 Å². The molecule has 0 saturated carbocycles. The summed E-state index contributed by atoms with van der Waals surface area (Å²) in [4.78, 5) is 1.32. The molecular formula is C16H18BrNO2S. The van der Waals surface area contributed by atoms with Gasteiger partial charge in [-0.1, -0.05) is 6.07 Å². The molecule has 1 aliphatic heterocycles. The van der Waals surface area contributed by atoms with Crippen molar-refractivity contribution in [2.24, 2.45) is 0 Å². The molecule has 2 aromatic rings. The van der Waals surface area contributed by atoms with E-state index in [0.717, 1.165) is 28.3 Å². The van der Waals surface area contributed by atoms with Crippen molar-refractivity contribution in [2.45, 2.75) is 19.4 Å². The van der Waals surface area contributed by atoms with Crippen LogP contribution in [-0.2, 0) is 6.42 Å². The Labute approximate surface area is 137 Å². The third-order valence-corrected chi connectivity index (χ3v) is 5.37. The lowest BCUT2D eigenvalue weighted by atomic mass is 9.92. The van der Waals surface area contributed by atoms with Gasteiger partial charge in [0.05, 0.1) is 23.5 Å². The molecule has 0 aliphatic carbocycles. The summed E-state index contributed by atoms with van der Waals surface area (Å²) in [6.45, 7) is 3.60. The molecule has 112 valence electrons. The van der Waals surface area contributed by atoms with Crippen LogP contribution in [0.1, 0.15) is 29.0 Å². The molecule has 1 aromatic carbocycles. The summed E-state index contributed by atoms with van der Waals surface area (Å²) in [6.07, 6.45) is 0.963. The zero-order valence-corrected chi connectivity index (χ0v) is 14.5. The van der Waals surface area contributed by atoms with E-state index >= 15 is 0 Å². The summed E-state index contributed by atoms with van der Waals surface area (Å²) in [5.41, 5.74) is 2.56. The van der Waals surface area contributed by atoms with E-state index < -0.39 is 0 Å². The van der Waals surface area contributed by atoms with Crippen molar-refractivity contribution >= 4 is 27.3 Å². The normalized spacial score (nSPS) is 17.4. The second kappa shape index (κ2) is 6.38. The van der Waals surface area contributed by atoms with Crippen LogP contribution in [0.4, 0.5) is 0 Å². The first-order valence-electron chi connectivity index (χ1n) is 7.05. The fourth-order valence-electron chi connectivity index (χ4n) is 2.80. The first kappa shape index (κ1) is 14.9. The Morgan fingerprint density at radius 1 is 1.33 bits per heavy atom. The molecule has 1 atom stereocenters. The number of hydrogen-bond acceptors (Lipinski definition) is 4. The summed E-state index contributed by atoms with van der Waals surface area (Å²) in [6, 6.07) is 8.66. The van der Waals surface area contributed by atoms with Gasteiger partial charge in [-0.2, -0.15) is 0 Å². The van der Waals surface area contributed by atoms with Crippen LogP contribution in [0.5, 0.6) is 11.5 Å². The average molecular weight is 368 g/mol. The Balaban J connectivity index is 2.07. The minimum atomic E-state index is 0.232. The maximum atomic E-state index is 5.86. The Hall–Kier alpha value is -1.04. The van der Waals surface area contributed by atoms with E-state index in [0.29, 0.717) is 6.61 Å². The summed E-state index contributed by atoms with van der Waals surface area (Å²) >= 11 is 5.32. The van der Waals surface area contributed by atoms with E-state index in [2.05, 4.69) is 39.4 Å². The number of rotatable bonds is 4. The Morgan fingerprint density at radius 2 is 2.19 bits per heavy atom. The lowest BCUT2D eigenvalue weighted by Crippen LogP contribution is -2.30. The van der Waals surface area contributed by atoms with E-state index in [9.17, 15) is 0 Å². The highest BCUT2D eigenvalue weighted by Crippen LogP contribution is 2.41. The molecule has 0 spiro atoms. The summed E-state index contributed by atoms with van der Waals surface area (Å²) in [7, 11) is 1.69. The van der Waals surface area contributed by atoms with Gasteiger partial charge in [0.2, 0.25) is 0 Å². The van der Waals surface area contributed by atoms with Gasteiger partial charge in [-0.3, -0.25) is 0 Å². The van der Waals surface area contributed by atoms with Crippen molar-refractivity contribution in [3.63, 3.8) is 0 Å². The number of nitrogens with one attached hydrogen (secondary N) is 1. The molecule has 3 nitrogen and oxygen atoms in total.